The molecule has 1 atom stereocenters. The lowest BCUT2D eigenvalue weighted by Gasteiger charge is -2.32. The Morgan fingerprint density at radius 2 is 2.21 bits per heavy atom. The van der Waals surface area contributed by atoms with Crippen LogP contribution in [0.4, 0.5) is 10.2 Å². The fraction of sp³-hybridized carbons (Fsp3) is 0.500. The van der Waals surface area contributed by atoms with Crippen LogP contribution in [0.2, 0.25) is 0 Å². The highest BCUT2D eigenvalue weighted by molar-refractivity contribution is 6.04. The predicted octanol–water partition coefficient (Wildman–Crippen LogP) is 2.77. The molecule has 1 aliphatic rings. The van der Waals surface area contributed by atoms with Crippen LogP contribution in [-0.2, 0) is 0 Å². The first-order valence-electron chi connectivity index (χ1n) is 9.41. The molecule has 1 aliphatic heterocycles. The van der Waals surface area contributed by atoms with Gasteiger partial charge >= 0.3 is 0 Å². The van der Waals surface area contributed by atoms with Crippen molar-refractivity contribution in [2.45, 2.75) is 25.3 Å². The van der Waals surface area contributed by atoms with E-state index in [1.807, 2.05) is 0 Å². The number of carbonyl (C=O) groups is 1. The van der Waals surface area contributed by atoms with Gasteiger partial charge in [-0.3, -0.25) is 4.79 Å². The quantitative estimate of drug-likeness (QED) is 0.818. The van der Waals surface area contributed by atoms with Crippen molar-refractivity contribution >= 4 is 11.7 Å². The molecule has 0 radical (unpaired) electrons. The monoisotopic (exact) mass is 390 g/mol. The SMILES string of the molecule is COc1cc(-c2onc(N(C)C)c2C(=O)NCC2CCCCN2C)ccc1F. The Balaban J connectivity index is 1.88. The van der Waals surface area contributed by atoms with Gasteiger partial charge < -0.3 is 24.4 Å². The number of hydrogen-bond acceptors (Lipinski definition) is 6. The number of hydrogen-bond donors (Lipinski definition) is 1. The van der Waals surface area contributed by atoms with E-state index in [0.29, 0.717) is 29.5 Å². The Bertz CT molecular complexity index is 837. The third kappa shape index (κ3) is 4.11. The van der Waals surface area contributed by atoms with Crippen molar-refractivity contribution < 1.29 is 18.4 Å². The summed E-state index contributed by atoms with van der Waals surface area (Å²) in [5.41, 5.74) is 0.857. The van der Waals surface area contributed by atoms with Crippen molar-refractivity contribution in [2.75, 3.05) is 46.2 Å². The lowest BCUT2D eigenvalue weighted by atomic mass is 10.0. The van der Waals surface area contributed by atoms with Crippen LogP contribution in [0.1, 0.15) is 29.6 Å². The lowest BCUT2D eigenvalue weighted by Crippen LogP contribution is -2.44. The van der Waals surface area contributed by atoms with Crippen molar-refractivity contribution in [3.05, 3.63) is 29.6 Å². The fourth-order valence-corrected chi connectivity index (χ4v) is 3.49. The second-order valence-corrected chi connectivity index (χ2v) is 7.29. The summed E-state index contributed by atoms with van der Waals surface area (Å²) >= 11 is 0. The lowest BCUT2D eigenvalue weighted by molar-refractivity contribution is 0.0929. The number of halogens is 1. The van der Waals surface area contributed by atoms with Gasteiger partial charge in [-0.15, -0.1) is 0 Å². The number of carbonyl (C=O) groups excluding carboxylic acids is 1. The number of nitrogens with one attached hydrogen (secondary N) is 1. The molecule has 0 saturated carbocycles. The molecule has 0 spiro atoms. The van der Waals surface area contributed by atoms with Gasteiger partial charge in [-0.2, -0.15) is 0 Å². The topological polar surface area (TPSA) is 70.8 Å². The van der Waals surface area contributed by atoms with Gasteiger partial charge in [0.1, 0.15) is 5.56 Å². The summed E-state index contributed by atoms with van der Waals surface area (Å²) in [6, 6.07) is 4.64. The fourth-order valence-electron chi connectivity index (χ4n) is 3.49. The van der Waals surface area contributed by atoms with Crippen LogP contribution in [0.15, 0.2) is 22.7 Å². The molecule has 8 heteroatoms. The van der Waals surface area contributed by atoms with E-state index in [2.05, 4.69) is 22.4 Å². The van der Waals surface area contributed by atoms with E-state index in [1.165, 1.54) is 32.1 Å². The van der Waals surface area contributed by atoms with Crippen LogP contribution < -0.4 is 15.0 Å². The normalized spacial score (nSPS) is 17.4. The van der Waals surface area contributed by atoms with Crippen LogP contribution in [0.3, 0.4) is 0 Å². The Kier molecular flexibility index (Phi) is 6.18. The van der Waals surface area contributed by atoms with Gasteiger partial charge in [0.05, 0.1) is 7.11 Å². The number of rotatable bonds is 6. The summed E-state index contributed by atoms with van der Waals surface area (Å²) in [5, 5.41) is 7.06. The van der Waals surface area contributed by atoms with Crippen molar-refractivity contribution in [3.63, 3.8) is 0 Å². The smallest absolute Gasteiger partial charge is 0.259 e. The highest BCUT2D eigenvalue weighted by Gasteiger charge is 2.27. The number of benzene rings is 1. The number of piperidine rings is 1. The Labute approximate surface area is 164 Å². The maximum absolute atomic E-state index is 13.8. The number of likely N-dealkylation sites (tertiary alicyclic amines) is 1. The molecular weight excluding hydrogens is 363 g/mol. The largest absolute Gasteiger partial charge is 0.494 e. The first-order chi connectivity index (χ1) is 13.4. The van der Waals surface area contributed by atoms with Gasteiger partial charge in [0.2, 0.25) is 0 Å². The van der Waals surface area contributed by atoms with Crippen LogP contribution in [0.25, 0.3) is 11.3 Å². The molecule has 152 valence electrons. The summed E-state index contributed by atoms with van der Waals surface area (Å²) in [6.07, 6.45) is 3.42. The zero-order chi connectivity index (χ0) is 20.3. The standard InChI is InChI=1S/C20H27FN4O3/c1-24(2)19-17(20(26)22-12-14-7-5-6-10-25(14)3)18(28-23-19)13-8-9-15(21)16(11-13)27-4/h8-9,11,14H,5-7,10,12H2,1-4H3,(H,22,26). The van der Waals surface area contributed by atoms with Crippen molar-refractivity contribution in [1.29, 1.82) is 0 Å². The molecule has 1 aromatic heterocycles. The number of nitrogens with zero attached hydrogens (tertiary/aromatic N) is 3. The molecular formula is C20H27FN4O3. The first-order valence-corrected chi connectivity index (χ1v) is 9.41. The number of methoxy groups -OCH3 is 1. The molecule has 1 aromatic carbocycles. The van der Waals surface area contributed by atoms with Crippen molar-refractivity contribution in [1.82, 2.24) is 15.4 Å². The van der Waals surface area contributed by atoms with Crippen LogP contribution >= 0.6 is 0 Å². The number of amides is 1. The minimum Gasteiger partial charge on any atom is -0.494 e. The number of anilines is 1. The van der Waals surface area contributed by atoms with Gasteiger partial charge in [0, 0.05) is 32.2 Å². The van der Waals surface area contributed by atoms with Gasteiger partial charge in [-0.05, 0) is 44.6 Å². The maximum Gasteiger partial charge on any atom is 0.259 e. The average Bonchev–Trinajstić information content (AvgIpc) is 3.13. The first kappa shape index (κ1) is 20.1. The summed E-state index contributed by atoms with van der Waals surface area (Å²) in [6.45, 7) is 1.59. The Morgan fingerprint density at radius 1 is 1.43 bits per heavy atom. The minimum atomic E-state index is -0.482. The third-order valence-corrected chi connectivity index (χ3v) is 5.16. The summed E-state index contributed by atoms with van der Waals surface area (Å²) < 4.78 is 24.3. The highest BCUT2D eigenvalue weighted by Crippen LogP contribution is 2.33. The van der Waals surface area contributed by atoms with Crippen LogP contribution in [0.5, 0.6) is 5.75 Å². The van der Waals surface area contributed by atoms with Gasteiger partial charge in [0.15, 0.2) is 23.1 Å². The molecule has 1 N–H and O–H groups in total. The van der Waals surface area contributed by atoms with Crippen LogP contribution in [0, 0.1) is 5.82 Å². The molecule has 1 amide bonds. The van der Waals surface area contributed by atoms with Gasteiger partial charge in [-0.25, -0.2) is 4.39 Å². The number of ether oxygens (including phenoxy) is 1. The summed E-state index contributed by atoms with van der Waals surface area (Å²) in [5.74, 6) is 0.0481. The number of aromatic nitrogens is 1. The van der Waals surface area contributed by atoms with E-state index in [4.69, 9.17) is 9.26 Å². The third-order valence-electron chi connectivity index (χ3n) is 5.16. The van der Waals surface area contributed by atoms with Crippen molar-refractivity contribution in [2.24, 2.45) is 0 Å². The summed E-state index contributed by atoms with van der Waals surface area (Å²) in [4.78, 5) is 17.0. The molecule has 2 aromatic rings. The Morgan fingerprint density at radius 3 is 2.89 bits per heavy atom. The molecule has 28 heavy (non-hydrogen) atoms. The van der Waals surface area contributed by atoms with Gasteiger partial charge in [-0.1, -0.05) is 11.6 Å². The van der Waals surface area contributed by atoms with Crippen LogP contribution in [-0.4, -0.2) is 63.3 Å². The maximum atomic E-state index is 13.8. The second-order valence-electron chi connectivity index (χ2n) is 7.29. The van der Waals surface area contributed by atoms with E-state index in [-0.39, 0.29) is 17.4 Å². The molecule has 3 rings (SSSR count). The molecule has 1 fully saturated rings. The Hall–Kier alpha value is -2.61. The van der Waals surface area contributed by atoms with E-state index in [0.717, 1.165) is 13.0 Å². The molecule has 0 bridgehead atoms. The van der Waals surface area contributed by atoms with E-state index in [9.17, 15) is 9.18 Å². The van der Waals surface area contributed by atoms with E-state index >= 15 is 0 Å². The second kappa shape index (κ2) is 8.60. The molecule has 0 aliphatic carbocycles. The summed E-state index contributed by atoms with van der Waals surface area (Å²) in [7, 11) is 7.05. The number of likely N-dealkylation sites (N-methyl/N-ethyl adjacent to an activating group) is 1. The van der Waals surface area contributed by atoms with E-state index in [1.54, 1.807) is 25.1 Å². The predicted molar refractivity (Wildman–Crippen MR) is 105 cm³/mol. The molecule has 1 unspecified atom stereocenters. The molecule has 2 heterocycles. The van der Waals surface area contributed by atoms with E-state index < -0.39 is 5.82 Å². The minimum absolute atomic E-state index is 0.0792. The molecule has 7 nitrogen and oxygen atoms in total. The zero-order valence-electron chi connectivity index (χ0n) is 16.8. The zero-order valence-corrected chi connectivity index (χ0v) is 16.8. The average molecular weight is 390 g/mol. The molecule has 1 saturated heterocycles. The van der Waals surface area contributed by atoms with Gasteiger partial charge in [0.25, 0.3) is 5.91 Å². The van der Waals surface area contributed by atoms with Crippen molar-refractivity contribution in [3.8, 4) is 17.1 Å². The highest BCUT2D eigenvalue weighted by atomic mass is 19.1.